The topological polar surface area (TPSA) is 67.4 Å². The fourth-order valence-corrected chi connectivity index (χ4v) is 2.89. The molecule has 0 unspecified atom stereocenters. The highest BCUT2D eigenvalue weighted by Gasteiger charge is 2.10. The molecule has 2 N–H and O–H groups in total. The van der Waals surface area contributed by atoms with Crippen LogP contribution < -0.4 is 15.4 Å². The second-order valence-electron chi connectivity index (χ2n) is 6.86. The van der Waals surface area contributed by atoms with Crippen LogP contribution in [0.1, 0.15) is 41.0 Å². The molecule has 5 nitrogen and oxygen atoms in total. The molecule has 0 fully saturated rings. The number of carbonyl (C=O) groups excluding carboxylic acids is 2. The maximum Gasteiger partial charge on any atom is 0.255 e. The molecule has 0 aromatic heterocycles. The fraction of sp³-hybridized carbons (Fsp3) is 0.167. The maximum atomic E-state index is 12.6. The summed E-state index contributed by atoms with van der Waals surface area (Å²) in [6.45, 7) is 4.03. The Balaban J connectivity index is 1.62. The average molecular weight is 423 g/mol. The van der Waals surface area contributed by atoms with Gasteiger partial charge in [0.1, 0.15) is 5.75 Å². The van der Waals surface area contributed by atoms with Crippen LogP contribution in [0.25, 0.3) is 0 Å². The van der Waals surface area contributed by atoms with Crippen LogP contribution in [0.2, 0.25) is 5.02 Å². The molecule has 0 saturated carbocycles. The minimum absolute atomic E-state index is 0.0815. The fourth-order valence-electron chi connectivity index (χ4n) is 2.70. The molecule has 3 rings (SSSR count). The van der Waals surface area contributed by atoms with E-state index in [9.17, 15) is 9.59 Å². The summed E-state index contributed by atoms with van der Waals surface area (Å²) < 4.78 is 5.77. The van der Waals surface area contributed by atoms with E-state index in [1.165, 1.54) is 0 Å². The molecule has 0 radical (unpaired) electrons. The summed E-state index contributed by atoms with van der Waals surface area (Å²) in [5.74, 6) is 0.170. The van der Waals surface area contributed by atoms with Gasteiger partial charge < -0.3 is 15.4 Å². The molecule has 30 heavy (non-hydrogen) atoms. The van der Waals surface area contributed by atoms with Crippen LogP contribution >= 0.6 is 11.6 Å². The third kappa shape index (κ3) is 5.84. The quantitative estimate of drug-likeness (QED) is 0.489. The molecular weight excluding hydrogens is 400 g/mol. The Morgan fingerprint density at radius 3 is 1.93 bits per heavy atom. The van der Waals surface area contributed by atoms with Gasteiger partial charge in [-0.1, -0.05) is 30.7 Å². The number of amides is 2. The van der Waals surface area contributed by atoms with Crippen LogP contribution in [-0.2, 0) is 0 Å². The normalized spacial score (nSPS) is 11.4. The number of benzene rings is 3. The zero-order valence-corrected chi connectivity index (χ0v) is 17.6. The predicted molar refractivity (Wildman–Crippen MR) is 121 cm³/mol. The van der Waals surface area contributed by atoms with Crippen LogP contribution in [-0.4, -0.2) is 17.9 Å². The highest BCUT2D eigenvalue weighted by molar-refractivity contribution is 6.31. The zero-order valence-electron chi connectivity index (χ0n) is 16.8. The van der Waals surface area contributed by atoms with Crippen molar-refractivity contribution in [1.82, 2.24) is 0 Å². The van der Waals surface area contributed by atoms with Crippen LogP contribution in [0, 0.1) is 0 Å². The zero-order chi connectivity index (χ0) is 21.5. The van der Waals surface area contributed by atoms with E-state index in [0.717, 1.165) is 6.42 Å². The molecule has 154 valence electrons. The first-order chi connectivity index (χ1) is 14.4. The molecule has 2 amide bonds. The van der Waals surface area contributed by atoms with Gasteiger partial charge in [0.2, 0.25) is 0 Å². The molecule has 0 aliphatic rings. The second kappa shape index (κ2) is 9.94. The second-order valence-corrected chi connectivity index (χ2v) is 7.30. The molecule has 0 heterocycles. The van der Waals surface area contributed by atoms with Gasteiger partial charge in [-0.15, -0.1) is 0 Å². The van der Waals surface area contributed by atoms with Crippen molar-refractivity contribution in [3.05, 3.63) is 88.9 Å². The summed E-state index contributed by atoms with van der Waals surface area (Å²) in [5, 5.41) is 6.15. The van der Waals surface area contributed by atoms with Gasteiger partial charge in [-0.3, -0.25) is 9.59 Å². The van der Waals surface area contributed by atoms with E-state index in [4.69, 9.17) is 16.3 Å². The number of halogens is 1. The Kier molecular flexibility index (Phi) is 7.09. The minimum Gasteiger partial charge on any atom is -0.491 e. The first-order valence-electron chi connectivity index (χ1n) is 9.69. The Labute approximate surface area is 181 Å². The molecule has 3 aromatic carbocycles. The molecule has 0 saturated heterocycles. The first kappa shape index (κ1) is 21.4. The van der Waals surface area contributed by atoms with Crippen molar-refractivity contribution >= 4 is 34.8 Å². The molecule has 0 spiro atoms. The van der Waals surface area contributed by atoms with Gasteiger partial charge in [-0.25, -0.2) is 0 Å². The molecule has 0 bridgehead atoms. The highest BCUT2D eigenvalue weighted by Crippen LogP contribution is 2.19. The Bertz CT molecular complexity index is 1030. The van der Waals surface area contributed by atoms with Crippen molar-refractivity contribution in [1.29, 1.82) is 0 Å². The number of nitrogens with one attached hydrogen (secondary N) is 2. The van der Waals surface area contributed by atoms with Crippen LogP contribution in [0.15, 0.2) is 72.8 Å². The van der Waals surface area contributed by atoms with Gasteiger partial charge in [0.25, 0.3) is 11.8 Å². The third-order valence-electron chi connectivity index (χ3n) is 4.50. The van der Waals surface area contributed by atoms with Crippen molar-refractivity contribution in [2.45, 2.75) is 26.4 Å². The van der Waals surface area contributed by atoms with Crippen LogP contribution in [0.5, 0.6) is 5.75 Å². The van der Waals surface area contributed by atoms with Crippen LogP contribution in [0.3, 0.4) is 0 Å². The Hall–Kier alpha value is -3.31. The van der Waals surface area contributed by atoms with E-state index in [1.807, 2.05) is 19.9 Å². The smallest absolute Gasteiger partial charge is 0.255 e. The highest BCUT2D eigenvalue weighted by atomic mass is 35.5. The SMILES string of the molecule is CC[C@H](C)Oc1cccc(C(=O)Nc2ccc(NC(=O)c3cccc(Cl)c3)cc2)c1. The molecule has 0 aliphatic carbocycles. The number of hydrogen-bond acceptors (Lipinski definition) is 3. The van der Waals surface area contributed by atoms with Crippen molar-refractivity contribution in [2.24, 2.45) is 0 Å². The lowest BCUT2D eigenvalue weighted by Crippen LogP contribution is -2.14. The molecule has 0 aliphatic heterocycles. The molecular formula is C24H23ClN2O3. The number of carbonyl (C=O) groups is 2. The van der Waals surface area contributed by atoms with Crippen molar-refractivity contribution in [3.63, 3.8) is 0 Å². The van der Waals surface area contributed by atoms with Gasteiger partial charge in [0.05, 0.1) is 6.10 Å². The lowest BCUT2D eigenvalue weighted by molar-refractivity contribution is 0.101. The summed E-state index contributed by atoms with van der Waals surface area (Å²) in [6.07, 6.45) is 0.967. The Morgan fingerprint density at radius 2 is 1.40 bits per heavy atom. The molecule has 1 atom stereocenters. The van der Waals surface area contributed by atoms with Gasteiger partial charge in [-0.2, -0.15) is 0 Å². The van der Waals surface area contributed by atoms with E-state index in [0.29, 0.717) is 33.3 Å². The summed E-state index contributed by atoms with van der Waals surface area (Å²) in [7, 11) is 0. The molecule has 6 heteroatoms. The number of hydrogen-bond donors (Lipinski definition) is 2. The largest absolute Gasteiger partial charge is 0.491 e. The summed E-state index contributed by atoms with van der Waals surface area (Å²) >= 11 is 5.93. The lowest BCUT2D eigenvalue weighted by atomic mass is 10.2. The average Bonchev–Trinajstić information content (AvgIpc) is 2.75. The standard InChI is InChI=1S/C24H23ClN2O3/c1-3-16(2)30-22-9-5-7-18(15-22)24(29)27-21-12-10-20(11-13-21)26-23(28)17-6-4-8-19(25)14-17/h4-16H,3H2,1-2H3,(H,26,28)(H,27,29)/t16-/m0/s1. The lowest BCUT2D eigenvalue weighted by Gasteiger charge is -2.13. The van der Waals surface area contributed by atoms with E-state index in [2.05, 4.69) is 10.6 Å². The minimum atomic E-state index is -0.257. The van der Waals surface area contributed by atoms with Gasteiger partial charge in [0.15, 0.2) is 0 Å². The summed E-state index contributed by atoms with van der Waals surface area (Å²) in [4.78, 5) is 24.8. The van der Waals surface area contributed by atoms with Gasteiger partial charge in [-0.05, 0) is 74.0 Å². The maximum absolute atomic E-state index is 12.6. The van der Waals surface area contributed by atoms with Gasteiger partial charge >= 0.3 is 0 Å². The third-order valence-corrected chi connectivity index (χ3v) is 4.73. The van der Waals surface area contributed by atoms with E-state index in [-0.39, 0.29) is 17.9 Å². The number of anilines is 2. The number of rotatable bonds is 7. The first-order valence-corrected chi connectivity index (χ1v) is 10.1. The molecule has 3 aromatic rings. The predicted octanol–water partition coefficient (Wildman–Crippen LogP) is 6.02. The van der Waals surface area contributed by atoms with Crippen molar-refractivity contribution in [3.8, 4) is 5.75 Å². The van der Waals surface area contributed by atoms with Crippen molar-refractivity contribution in [2.75, 3.05) is 10.6 Å². The van der Waals surface area contributed by atoms with Crippen molar-refractivity contribution < 1.29 is 14.3 Å². The summed E-state index contributed by atoms with van der Waals surface area (Å²) in [6, 6.07) is 20.7. The number of ether oxygens (including phenoxy) is 1. The van der Waals surface area contributed by atoms with Gasteiger partial charge in [0, 0.05) is 27.5 Å². The van der Waals surface area contributed by atoms with Crippen LogP contribution in [0.4, 0.5) is 11.4 Å². The Morgan fingerprint density at radius 1 is 0.867 bits per heavy atom. The van der Waals surface area contributed by atoms with E-state index in [1.54, 1.807) is 66.7 Å². The monoisotopic (exact) mass is 422 g/mol. The van der Waals surface area contributed by atoms with E-state index < -0.39 is 0 Å². The van der Waals surface area contributed by atoms with E-state index >= 15 is 0 Å². The summed E-state index contributed by atoms with van der Waals surface area (Å²) in [5.41, 5.74) is 2.21.